The molecule has 214 valence electrons. The Hall–Kier alpha value is -4.18. The fourth-order valence-corrected chi connectivity index (χ4v) is 7.60. The van der Waals surface area contributed by atoms with Crippen LogP contribution in [0.4, 0.5) is 0 Å². The number of hydrogen-bond donors (Lipinski definition) is 0. The quantitative estimate of drug-likeness (QED) is 0.174. The van der Waals surface area contributed by atoms with Crippen LogP contribution in [0.2, 0.25) is 5.02 Å². The predicted molar refractivity (Wildman–Crippen MR) is 173 cm³/mol. The molecule has 0 radical (unpaired) electrons. The molecule has 3 aromatic heterocycles. The number of aromatic nitrogens is 4. The summed E-state index contributed by atoms with van der Waals surface area (Å²) < 4.78 is 9.17. The number of aryl methyl sites for hydroxylation is 1. The fourth-order valence-electron chi connectivity index (χ4n) is 5.22. The zero-order valence-electron chi connectivity index (χ0n) is 23.6. The van der Waals surface area contributed by atoms with Crippen LogP contribution in [0.15, 0.2) is 83.9 Å². The molecule has 2 atom stereocenters. The number of thiazole rings is 1. The highest BCUT2D eigenvalue weighted by Gasteiger charge is 2.28. The maximum Gasteiger partial charge on any atom is 0.313 e. The largest absolute Gasteiger partial charge is 0.456 e. The normalized spacial score (nSPS) is 14.0. The molecular formula is C33H26ClN5O2S2. The first-order valence-electron chi connectivity index (χ1n) is 13.9. The Kier molecular flexibility index (Phi) is 7.17. The van der Waals surface area contributed by atoms with Gasteiger partial charge in [0.25, 0.3) is 0 Å². The number of rotatable bonds is 6. The number of ether oxygens (including phenoxy) is 1. The summed E-state index contributed by atoms with van der Waals surface area (Å²) in [6.07, 6.45) is -0.479. The van der Waals surface area contributed by atoms with Crippen molar-refractivity contribution in [3.63, 3.8) is 0 Å². The number of esters is 1. The molecule has 6 aromatic rings. The van der Waals surface area contributed by atoms with Crippen LogP contribution >= 0.6 is 34.3 Å². The van der Waals surface area contributed by atoms with E-state index in [-0.39, 0.29) is 5.97 Å². The van der Waals surface area contributed by atoms with E-state index in [0.29, 0.717) is 11.6 Å². The summed E-state index contributed by atoms with van der Waals surface area (Å²) in [5, 5.41) is 11.2. The molecule has 0 saturated carbocycles. The third-order valence-corrected chi connectivity index (χ3v) is 10.3. The molecule has 0 N–H and O–H groups in total. The SMILES string of the molecule is Cc1nnc2n1-c1sc(C(C)OC(=O)C(C)c3ccc4sc(-c5ccccc5)nc4c3)cc1C(c1ccccc1Cl)=NC2. The Bertz CT molecular complexity index is 2030. The Morgan fingerprint density at radius 2 is 1.74 bits per heavy atom. The second-order valence-corrected chi connectivity index (χ2v) is 12.9. The summed E-state index contributed by atoms with van der Waals surface area (Å²) in [7, 11) is 0. The molecule has 4 heterocycles. The maximum atomic E-state index is 13.4. The summed E-state index contributed by atoms with van der Waals surface area (Å²) in [5.74, 6) is 0.764. The lowest BCUT2D eigenvalue weighted by molar-refractivity contribution is -0.149. The molecule has 7 nitrogen and oxygen atoms in total. The van der Waals surface area contributed by atoms with Crippen LogP contribution in [-0.4, -0.2) is 31.4 Å². The fraction of sp³-hybridized carbons (Fsp3) is 0.182. The van der Waals surface area contributed by atoms with Crippen LogP contribution in [-0.2, 0) is 16.1 Å². The molecule has 0 spiro atoms. The van der Waals surface area contributed by atoms with Crippen molar-refractivity contribution >= 4 is 56.2 Å². The number of fused-ring (bicyclic) bond motifs is 4. The summed E-state index contributed by atoms with van der Waals surface area (Å²) >= 11 is 9.80. The first kappa shape index (κ1) is 27.6. The second-order valence-electron chi connectivity index (χ2n) is 10.4. The van der Waals surface area contributed by atoms with Crippen molar-refractivity contribution in [3.8, 4) is 15.6 Å². The lowest BCUT2D eigenvalue weighted by atomic mass is 10.0. The van der Waals surface area contributed by atoms with Gasteiger partial charge in [-0.25, -0.2) is 4.98 Å². The molecule has 1 aliphatic rings. The van der Waals surface area contributed by atoms with Gasteiger partial charge in [0.1, 0.15) is 28.5 Å². The molecule has 1 aliphatic heterocycles. The van der Waals surface area contributed by atoms with Gasteiger partial charge in [0.15, 0.2) is 5.82 Å². The van der Waals surface area contributed by atoms with Crippen molar-refractivity contribution in [2.45, 2.75) is 39.3 Å². The molecule has 10 heteroatoms. The van der Waals surface area contributed by atoms with Gasteiger partial charge in [0.05, 0.1) is 21.8 Å². The van der Waals surface area contributed by atoms with E-state index in [1.807, 2.05) is 92.1 Å². The van der Waals surface area contributed by atoms with Crippen LogP contribution in [0.3, 0.4) is 0 Å². The van der Waals surface area contributed by atoms with E-state index in [1.54, 1.807) is 22.7 Å². The highest BCUT2D eigenvalue weighted by molar-refractivity contribution is 7.21. The van der Waals surface area contributed by atoms with Crippen molar-refractivity contribution in [1.82, 2.24) is 19.7 Å². The summed E-state index contributed by atoms with van der Waals surface area (Å²) in [4.78, 5) is 24.1. The lowest BCUT2D eigenvalue weighted by Gasteiger charge is -2.16. The molecule has 0 saturated heterocycles. The van der Waals surface area contributed by atoms with E-state index in [1.165, 1.54) is 0 Å². The van der Waals surface area contributed by atoms with Crippen LogP contribution in [0.5, 0.6) is 0 Å². The number of hydrogen-bond acceptors (Lipinski definition) is 8. The van der Waals surface area contributed by atoms with Gasteiger partial charge < -0.3 is 4.74 Å². The van der Waals surface area contributed by atoms with E-state index in [2.05, 4.69) is 22.3 Å². The topological polar surface area (TPSA) is 82.3 Å². The average Bonchev–Trinajstić information content (AvgIpc) is 3.72. The second kappa shape index (κ2) is 11.1. The first-order chi connectivity index (χ1) is 20.9. The minimum Gasteiger partial charge on any atom is -0.456 e. The third kappa shape index (κ3) is 5.07. The molecular weight excluding hydrogens is 598 g/mol. The van der Waals surface area contributed by atoms with Crippen molar-refractivity contribution in [1.29, 1.82) is 0 Å². The minimum atomic E-state index is -0.479. The van der Waals surface area contributed by atoms with E-state index < -0.39 is 12.0 Å². The zero-order valence-corrected chi connectivity index (χ0v) is 26.0. The van der Waals surface area contributed by atoms with Crippen LogP contribution in [0, 0.1) is 6.92 Å². The van der Waals surface area contributed by atoms with Gasteiger partial charge in [0.2, 0.25) is 0 Å². The van der Waals surface area contributed by atoms with Gasteiger partial charge in [-0.05, 0) is 50.6 Å². The Labute approximate surface area is 261 Å². The molecule has 3 aromatic carbocycles. The van der Waals surface area contributed by atoms with Crippen LogP contribution < -0.4 is 0 Å². The number of halogens is 1. The molecule has 7 rings (SSSR count). The molecule has 2 unspecified atom stereocenters. The van der Waals surface area contributed by atoms with Crippen molar-refractivity contribution < 1.29 is 9.53 Å². The highest BCUT2D eigenvalue weighted by Crippen LogP contribution is 2.38. The summed E-state index contributed by atoms with van der Waals surface area (Å²) in [6, 6.07) is 25.9. The van der Waals surface area contributed by atoms with Gasteiger partial charge in [-0.1, -0.05) is 66.2 Å². The van der Waals surface area contributed by atoms with Crippen LogP contribution in [0.25, 0.3) is 25.8 Å². The number of carbonyl (C=O) groups is 1. The van der Waals surface area contributed by atoms with Crippen molar-refractivity contribution in [2.24, 2.45) is 4.99 Å². The number of aliphatic imine (C=N–C) groups is 1. The third-order valence-electron chi connectivity index (χ3n) is 7.57. The minimum absolute atomic E-state index is 0.296. The van der Waals surface area contributed by atoms with Crippen molar-refractivity contribution in [3.05, 3.63) is 117 Å². The van der Waals surface area contributed by atoms with Gasteiger partial charge in [-0.3, -0.25) is 14.4 Å². The first-order valence-corrected chi connectivity index (χ1v) is 15.9. The Morgan fingerprint density at radius 1 is 0.953 bits per heavy atom. The summed E-state index contributed by atoms with van der Waals surface area (Å²) in [5.41, 5.74) is 5.37. The Balaban J connectivity index is 1.16. The van der Waals surface area contributed by atoms with Crippen LogP contribution in [0.1, 0.15) is 59.1 Å². The van der Waals surface area contributed by atoms with Crippen molar-refractivity contribution in [2.75, 3.05) is 0 Å². The highest BCUT2D eigenvalue weighted by atomic mass is 35.5. The van der Waals surface area contributed by atoms with Gasteiger partial charge in [-0.2, -0.15) is 0 Å². The molecule has 0 bridgehead atoms. The van der Waals surface area contributed by atoms with Gasteiger partial charge in [-0.15, -0.1) is 32.9 Å². The lowest BCUT2D eigenvalue weighted by Crippen LogP contribution is -2.15. The summed E-state index contributed by atoms with van der Waals surface area (Å²) in [6.45, 7) is 6.08. The van der Waals surface area contributed by atoms with Gasteiger partial charge in [0, 0.05) is 26.6 Å². The molecule has 0 amide bonds. The van der Waals surface area contributed by atoms with E-state index in [4.69, 9.17) is 26.3 Å². The predicted octanol–water partition coefficient (Wildman–Crippen LogP) is 8.33. The zero-order chi connectivity index (χ0) is 29.7. The monoisotopic (exact) mass is 623 g/mol. The van der Waals surface area contributed by atoms with E-state index in [0.717, 1.165) is 64.7 Å². The number of carbonyl (C=O) groups excluding carboxylic acids is 1. The number of thiophene rings is 1. The number of benzene rings is 3. The van der Waals surface area contributed by atoms with E-state index in [9.17, 15) is 4.79 Å². The average molecular weight is 624 g/mol. The van der Waals surface area contributed by atoms with Gasteiger partial charge >= 0.3 is 5.97 Å². The molecule has 0 aliphatic carbocycles. The smallest absolute Gasteiger partial charge is 0.313 e. The standard InChI is InChI=1S/C33H26ClN5O2S2/c1-18(22-13-14-27-26(15-22)36-31(42-27)21-9-5-4-6-10-21)33(40)41-19(2)28-16-24-30(23-11-7-8-12-25(23)34)35-17-29-38-37-20(3)39(29)32(24)43-28/h4-16,18-19H,17H2,1-3H3. The number of nitrogens with zero attached hydrogens (tertiary/aromatic N) is 5. The van der Waals surface area contributed by atoms with E-state index >= 15 is 0 Å². The molecule has 43 heavy (non-hydrogen) atoms. The molecule has 0 fully saturated rings. The maximum absolute atomic E-state index is 13.4. The Morgan fingerprint density at radius 3 is 2.56 bits per heavy atom.